The van der Waals surface area contributed by atoms with Crippen molar-refractivity contribution in [3.05, 3.63) is 23.7 Å². The summed E-state index contributed by atoms with van der Waals surface area (Å²) in [4.78, 5) is 11.2. The third-order valence-electron chi connectivity index (χ3n) is 2.43. The van der Waals surface area contributed by atoms with Crippen LogP contribution in [0.5, 0.6) is 0 Å². The quantitative estimate of drug-likeness (QED) is 0.782. The number of carbonyl (C=O) groups is 1. The third kappa shape index (κ3) is 3.38. The van der Waals surface area contributed by atoms with Crippen molar-refractivity contribution in [1.82, 2.24) is 0 Å². The Morgan fingerprint density at radius 2 is 2.12 bits per heavy atom. The van der Waals surface area contributed by atoms with Crippen molar-refractivity contribution in [3.63, 3.8) is 0 Å². The minimum absolute atomic E-state index is 0.152. The zero-order valence-electron chi connectivity index (χ0n) is 10.0. The van der Waals surface area contributed by atoms with Gasteiger partial charge in [0.2, 0.25) is 5.76 Å². The largest absolute Gasteiger partial charge is 0.463 e. The van der Waals surface area contributed by atoms with Crippen LogP contribution in [0, 0.1) is 5.92 Å². The number of methoxy groups -OCH3 is 1. The number of carbonyl (C=O) groups excluding carboxylic acids is 1. The predicted octanol–water partition coefficient (Wildman–Crippen LogP) is 2.50. The summed E-state index contributed by atoms with van der Waals surface area (Å²) in [6.07, 6.45) is 1.89. The molecular weight excluding hydrogens is 206 g/mol. The molecule has 1 rings (SSSR count). The van der Waals surface area contributed by atoms with E-state index in [0.717, 1.165) is 12.8 Å². The second-order valence-electron chi connectivity index (χ2n) is 4.27. The van der Waals surface area contributed by atoms with Gasteiger partial charge in [-0.3, -0.25) is 0 Å². The molecule has 0 radical (unpaired) electrons. The van der Waals surface area contributed by atoms with E-state index in [4.69, 9.17) is 10.2 Å². The van der Waals surface area contributed by atoms with Crippen LogP contribution >= 0.6 is 0 Å². The first-order valence-electron chi connectivity index (χ1n) is 5.48. The molecule has 4 nitrogen and oxygen atoms in total. The van der Waals surface area contributed by atoms with Crippen LogP contribution in [0.3, 0.4) is 0 Å². The predicted molar refractivity (Wildman–Crippen MR) is 61.0 cm³/mol. The van der Waals surface area contributed by atoms with Gasteiger partial charge in [0.25, 0.3) is 0 Å². The van der Waals surface area contributed by atoms with Gasteiger partial charge in [-0.25, -0.2) is 4.79 Å². The average molecular weight is 225 g/mol. The van der Waals surface area contributed by atoms with E-state index in [9.17, 15) is 4.79 Å². The first-order chi connectivity index (χ1) is 7.54. The minimum atomic E-state index is -0.470. The van der Waals surface area contributed by atoms with Crippen LogP contribution in [0.1, 0.15) is 49.0 Å². The molecule has 4 heteroatoms. The molecule has 1 unspecified atom stereocenters. The first kappa shape index (κ1) is 12.8. The third-order valence-corrected chi connectivity index (χ3v) is 2.43. The molecule has 0 saturated heterocycles. The van der Waals surface area contributed by atoms with E-state index in [-0.39, 0.29) is 11.8 Å². The number of hydrogen-bond acceptors (Lipinski definition) is 4. The van der Waals surface area contributed by atoms with Gasteiger partial charge in [0.1, 0.15) is 5.76 Å². The number of furan rings is 1. The van der Waals surface area contributed by atoms with Crippen molar-refractivity contribution in [2.75, 3.05) is 7.11 Å². The van der Waals surface area contributed by atoms with Gasteiger partial charge in [-0.2, -0.15) is 0 Å². The van der Waals surface area contributed by atoms with Crippen LogP contribution in [-0.4, -0.2) is 13.1 Å². The summed E-state index contributed by atoms with van der Waals surface area (Å²) in [5.41, 5.74) is 5.95. The van der Waals surface area contributed by atoms with Gasteiger partial charge in [-0.05, 0) is 30.9 Å². The molecule has 0 amide bonds. The molecule has 1 aromatic rings. The van der Waals surface area contributed by atoms with Gasteiger partial charge in [-0.1, -0.05) is 13.8 Å². The van der Waals surface area contributed by atoms with Crippen molar-refractivity contribution >= 4 is 5.97 Å². The van der Waals surface area contributed by atoms with E-state index in [0.29, 0.717) is 11.7 Å². The van der Waals surface area contributed by atoms with Gasteiger partial charge >= 0.3 is 5.97 Å². The molecule has 0 aliphatic carbocycles. The number of nitrogens with two attached hydrogens (primary N) is 1. The fourth-order valence-corrected chi connectivity index (χ4v) is 1.42. The molecule has 0 saturated carbocycles. The zero-order chi connectivity index (χ0) is 12.1. The summed E-state index contributed by atoms with van der Waals surface area (Å²) in [5, 5.41) is 0. The van der Waals surface area contributed by atoms with Gasteiger partial charge in [0.15, 0.2) is 0 Å². The molecule has 0 aliphatic rings. The Kier molecular flexibility index (Phi) is 4.55. The van der Waals surface area contributed by atoms with Crippen LogP contribution in [0.2, 0.25) is 0 Å². The van der Waals surface area contributed by atoms with Gasteiger partial charge < -0.3 is 14.9 Å². The van der Waals surface area contributed by atoms with Crippen LogP contribution in [-0.2, 0) is 4.74 Å². The summed E-state index contributed by atoms with van der Waals surface area (Å²) in [5.74, 6) is 0.988. The lowest BCUT2D eigenvalue weighted by molar-refractivity contribution is 0.0562. The Balaban J connectivity index is 2.59. The van der Waals surface area contributed by atoms with Crippen LogP contribution < -0.4 is 5.73 Å². The number of hydrogen-bond donors (Lipinski definition) is 1. The second kappa shape index (κ2) is 5.70. The van der Waals surface area contributed by atoms with Crippen molar-refractivity contribution < 1.29 is 13.9 Å². The summed E-state index contributed by atoms with van der Waals surface area (Å²) < 4.78 is 9.88. The Labute approximate surface area is 95.8 Å². The maximum absolute atomic E-state index is 11.2. The fourth-order valence-electron chi connectivity index (χ4n) is 1.42. The molecular formula is C12H19NO3. The number of rotatable bonds is 5. The smallest absolute Gasteiger partial charge is 0.373 e. The lowest BCUT2D eigenvalue weighted by Gasteiger charge is -2.10. The normalized spacial score (nSPS) is 12.8. The summed E-state index contributed by atoms with van der Waals surface area (Å²) in [7, 11) is 1.32. The molecule has 90 valence electrons. The van der Waals surface area contributed by atoms with E-state index in [1.807, 2.05) is 0 Å². The monoisotopic (exact) mass is 225 g/mol. The highest BCUT2D eigenvalue weighted by molar-refractivity contribution is 5.86. The van der Waals surface area contributed by atoms with E-state index >= 15 is 0 Å². The highest BCUT2D eigenvalue weighted by Gasteiger charge is 2.15. The van der Waals surface area contributed by atoms with E-state index < -0.39 is 5.97 Å². The summed E-state index contributed by atoms with van der Waals surface area (Å²) >= 11 is 0. The molecule has 0 spiro atoms. The van der Waals surface area contributed by atoms with E-state index in [1.54, 1.807) is 12.1 Å². The fraction of sp³-hybridized carbons (Fsp3) is 0.583. The molecule has 1 aromatic heterocycles. The lowest BCUT2D eigenvalue weighted by Crippen LogP contribution is -2.10. The Morgan fingerprint density at radius 1 is 1.44 bits per heavy atom. The molecule has 0 aromatic carbocycles. The zero-order valence-corrected chi connectivity index (χ0v) is 10.0. The Morgan fingerprint density at radius 3 is 2.69 bits per heavy atom. The summed E-state index contributed by atoms with van der Waals surface area (Å²) in [6, 6.07) is 3.18. The Hall–Kier alpha value is -1.29. The minimum Gasteiger partial charge on any atom is -0.463 e. The summed E-state index contributed by atoms with van der Waals surface area (Å²) in [6.45, 7) is 4.30. The Bertz CT molecular complexity index is 344. The lowest BCUT2D eigenvalue weighted by atomic mass is 10.0. The van der Waals surface area contributed by atoms with Gasteiger partial charge in [0.05, 0.1) is 13.2 Å². The van der Waals surface area contributed by atoms with Crippen LogP contribution in [0.25, 0.3) is 0 Å². The van der Waals surface area contributed by atoms with E-state index in [2.05, 4.69) is 18.6 Å². The second-order valence-corrected chi connectivity index (χ2v) is 4.27. The molecule has 16 heavy (non-hydrogen) atoms. The molecule has 0 aliphatic heterocycles. The topological polar surface area (TPSA) is 65.5 Å². The maximum atomic E-state index is 11.2. The molecule has 2 N–H and O–H groups in total. The standard InChI is InChI=1S/C12H19NO3/c1-8(2)4-5-9(13)10-6-7-11(16-10)12(14)15-3/h6-9H,4-5,13H2,1-3H3. The van der Waals surface area contributed by atoms with E-state index in [1.165, 1.54) is 7.11 Å². The highest BCUT2D eigenvalue weighted by atomic mass is 16.5. The average Bonchev–Trinajstić information content (AvgIpc) is 2.74. The number of esters is 1. The maximum Gasteiger partial charge on any atom is 0.373 e. The molecule has 1 heterocycles. The molecule has 1 atom stereocenters. The van der Waals surface area contributed by atoms with Crippen molar-refractivity contribution in [1.29, 1.82) is 0 Å². The highest BCUT2D eigenvalue weighted by Crippen LogP contribution is 2.21. The van der Waals surface area contributed by atoms with Crippen LogP contribution in [0.15, 0.2) is 16.5 Å². The molecule has 0 bridgehead atoms. The van der Waals surface area contributed by atoms with Gasteiger partial charge in [-0.15, -0.1) is 0 Å². The van der Waals surface area contributed by atoms with Crippen molar-refractivity contribution in [2.45, 2.75) is 32.7 Å². The first-order valence-corrected chi connectivity index (χ1v) is 5.48. The number of ether oxygens (including phenoxy) is 1. The molecule has 0 fully saturated rings. The van der Waals surface area contributed by atoms with Gasteiger partial charge in [0, 0.05) is 0 Å². The van der Waals surface area contributed by atoms with Crippen LogP contribution in [0.4, 0.5) is 0 Å². The van der Waals surface area contributed by atoms with Crippen molar-refractivity contribution in [2.24, 2.45) is 11.7 Å². The SMILES string of the molecule is COC(=O)c1ccc(C(N)CCC(C)C)o1. The van der Waals surface area contributed by atoms with Crippen molar-refractivity contribution in [3.8, 4) is 0 Å².